The van der Waals surface area contributed by atoms with Crippen LogP contribution >= 0.6 is 11.3 Å². The highest BCUT2D eigenvalue weighted by molar-refractivity contribution is 7.90. The highest BCUT2D eigenvalue weighted by Gasteiger charge is 2.35. The van der Waals surface area contributed by atoms with Crippen molar-refractivity contribution in [2.75, 3.05) is 6.26 Å². The number of hydrogen-bond donors (Lipinski definition) is 0. The summed E-state index contributed by atoms with van der Waals surface area (Å²) in [6.45, 7) is 4.03. The van der Waals surface area contributed by atoms with Crippen LogP contribution in [0, 0.1) is 0 Å². The molecular weight excluding hydrogens is 469 g/mol. The van der Waals surface area contributed by atoms with Gasteiger partial charge in [-0.2, -0.15) is 18.3 Å². The molecule has 0 bridgehead atoms. The fourth-order valence-corrected chi connectivity index (χ4v) is 5.09. The standard InChI is InChI=1S/C24H21F3N2O2S2/c1-15(2)16-6-4-8-18(12-16)29-20(14-23(28-29)24(25,26)27)22-11-10-21(32-22)17-7-5-9-19(13-17)33(3,30)31/h4-15H,1-3H3. The average molecular weight is 491 g/mol. The molecule has 0 aliphatic carbocycles. The van der Waals surface area contributed by atoms with Crippen LogP contribution < -0.4 is 0 Å². The van der Waals surface area contributed by atoms with E-state index in [9.17, 15) is 21.6 Å². The van der Waals surface area contributed by atoms with Crippen LogP contribution in [-0.4, -0.2) is 24.5 Å². The molecule has 0 saturated carbocycles. The highest BCUT2D eigenvalue weighted by atomic mass is 32.2. The first-order chi connectivity index (χ1) is 15.4. The second kappa shape index (κ2) is 8.46. The van der Waals surface area contributed by atoms with E-state index in [2.05, 4.69) is 5.10 Å². The van der Waals surface area contributed by atoms with E-state index in [4.69, 9.17) is 0 Å². The Hall–Kier alpha value is -2.91. The van der Waals surface area contributed by atoms with Crippen LogP contribution in [-0.2, 0) is 16.0 Å². The number of sulfone groups is 1. The van der Waals surface area contributed by atoms with Gasteiger partial charge in [0, 0.05) is 11.1 Å². The van der Waals surface area contributed by atoms with E-state index in [0.717, 1.165) is 22.8 Å². The van der Waals surface area contributed by atoms with Gasteiger partial charge in [-0.1, -0.05) is 38.1 Å². The van der Waals surface area contributed by atoms with Gasteiger partial charge in [-0.05, 0) is 59.5 Å². The van der Waals surface area contributed by atoms with Gasteiger partial charge in [0.15, 0.2) is 15.5 Å². The third-order valence-electron chi connectivity index (χ3n) is 5.19. The van der Waals surface area contributed by atoms with Gasteiger partial charge in [0.2, 0.25) is 0 Å². The summed E-state index contributed by atoms with van der Waals surface area (Å²) in [7, 11) is -3.38. The van der Waals surface area contributed by atoms with E-state index < -0.39 is 21.7 Å². The number of benzene rings is 2. The second-order valence-electron chi connectivity index (χ2n) is 8.04. The number of nitrogens with zero attached hydrogens (tertiary/aromatic N) is 2. The van der Waals surface area contributed by atoms with Crippen molar-refractivity contribution in [2.24, 2.45) is 0 Å². The van der Waals surface area contributed by atoms with Gasteiger partial charge >= 0.3 is 6.18 Å². The topological polar surface area (TPSA) is 52.0 Å². The maximum atomic E-state index is 13.5. The zero-order valence-electron chi connectivity index (χ0n) is 18.1. The van der Waals surface area contributed by atoms with Crippen LogP contribution in [0.2, 0.25) is 0 Å². The molecule has 2 heterocycles. The van der Waals surface area contributed by atoms with Crippen LogP contribution in [0.3, 0.4) is 0 Å². The van der Waals surface area contributed by atoms with E-state index in [1.54, 1.807) is 42.5 Å². The lowest BCUT2D eigenvalue weighted by Gasteiger charge is -2.10. The van der Waals surface area contributed by atoms with Crippen molar-refractivity contribution in [3.63, 3.8) is 0 Å². The summed E-state index contributed by atoms with van der Waals surface area (Å²) in [5.74, 6) is 0.210. The van der Waals surface area contributed by atoms with Crippen molar-refractivity contribution in [3.05, 3.63) is 78.0 Å². The fourth-order valence-electron chi connectivity index (χ4n) is 3.42. The lowest BCUT2D eigenvalue weighted by Crippen LogP contribution is -2.07. The monoisotopic (exact) mass is 490 g/mol. The predicted molar refractivity (Wildman–Crippen MR) is 125 cm³/mol. The molecule has 0 radical (unpaired) electrons. The zero-order chi connectivity index (χ0) is 24.0. The minimum absolute atomic E-state index is 0.185. The fraction of sp³-hybridized carbons (Fsp3) is 0.208. The highest BCUT2D eigenvalue weighted by Crippen LogP contribution is 2.39. The first kappa shape index (κ1) is 23.3. The van der Waals surface area contributed by atoms with Crippen LogP contribution in [0.5, 0.6) is 0 Å². The van der Waals surface area contributed by atoms with Crippen molar-refractivity contribution in [1.82, 2.24) is 9.78 Å². The number of hydrogen-bond acceptors (Lipinski definition) is 4. The number of halogens is 3. The van der Waals surface area contributed by atoms with Crippen molar-refractivity contribution in [2.45, 2.75) is 30.8 Å². The number of thiophene rings is 1. The SMILES string of the molecule is CC(C)c1cccc(-n2nc(C(F)(F)F)cc2-c2ccc(-c3cccc(S(C)(=O)=O)c3)s2)c1. The van der Waals surface area contributed by atoms with Gasteiger partial charge in [0.05, 0.1) is 21.2 Å². The van der Waals surface area contributed by atoms with Gasteiger partial charge < -0.3 is 0 Å². The molecule has 0 saturated heterocycles. The summed E-state index contributed by atoms with van der Waals surface area (Å²) in [5, 5.41) is 3.88. The molecule has 0 unspecified atom stereocenters. The third kappa shape index (κ3) is 4.89. The van der Waals surface area contributed by atoms with Gasteiger partial charge in [-0.15, -0.1) is 11.3 Å². The Morgan fingerprint density at radius 1 is 0.939 bits per heavy atom. The van der Waals surface area contributed by atoms with E-state index in [1.807, 2.05) is 26.0 Å². The zero-order valence-corrected chi connectivity index (χ0v) is 19.7. The molecule has 0 N–H and O–H groups in total. The summed E-state index contributed by atoms with van der Waals surface area (Å²) in [5.41, 5.74) is 1.56. The van der Waals surface area contributed by atoms with Gasteiger partial charge in [0.25, 0.3) is 0 Å². The molecule has 0 fully saturated rings. The second-order valence-corrected chi connectivity index (χ2v) is 11.1. The molecule has 2 aromatic heterocycles. The Labute approximate surface area is 194 Å². The Morgan fingerprint density at radius 2 is 1.64 bits per heavy atom. The minimum atomic E-state index is -4.58. The Balaban J connectivity index is 1.83. The van der Waals surface area contributed by atoms with Crippen LogP contribution in [0.25, 0.3) is 26.7 Å². The minimum Gasteiger partial charge on any atom is -0.232 e. The van der Waals surface area contributed by atoms with Crippen molar-refractivity contribution >= 4 is 21.2 Å². The van der Waals surface area contributed by atoms with Crippen LogP contribution in [0.4, 0.5) is 13.2 Å². The molecule has 2 aromatic carbocycles. The lowest BCUT2D eigenvalue weighted by molar-refractivity contribution is -0.141. The smallest absolute Gasteiger partial charge is 0.232 e. The molecular formula is C24H21F3N2O2S2. The Kier molecular flexibility index (Phi) is 5.96. The molecule has 33 heavy (non-hydrogen) atoms. The maximum Gasteiger partial charge on any atom is 0.435 e. The Bertz CT molecular complexity index is 1420. The van der Waals surface area contributed by atoms with Gasteiger partial charge in [-0.3, -0.25) is 0 Å². The van der Waals surface area contributed by atoms with Crippen LogP contribution in [0.1, 0.15) is 31.0 Å². The van der Waals surface area contributed by atoms with Gasteiger partial charge in [0.1, 0.15) is 0 Å². The normalized spacial score (nSPS) is 12.5. The van der Waals surface area contributed by atoms with Crippen molar-refractivity contribution < 1.29 is 21.6 Å². The summed E-state index contributed by atoms with van der Waals surface area (Å²) in [6.07, 6.45) is -3.45. The maximum absolute atomic E-state index is 13.5. The first-order valence-electron chi connectivity index (χ1n) is 10.1. The molecule has 0 amide bonds. The molecule has 0 atom stereocenters. The number of alkyl halides is 3. The quantitative estimate of drug-likeness (QED) is 0.309. The summed E-state index contributed by atoms with van der Waals surface area (Å²) < 4.78 is 65.7. The lowest BCUT2D eigenvalue weighted by atomic mass is 10.0. The van der Waals surface area contributed by atoms with Gasteiger partial charge in [-0.25, -0.2) is 13.1 Å². The van der Waals surface area contributed by atoms with E-state index in [1.165, 1.54) is 22.1 Å². The van der Waals surface area contributed by atoms with Crippen molar-refractivity contribution in [1.29, 1.82) is 0 Å². The molecule has 0 aliphatic rings. The number of rotatable bonds is 5. The summed E-state index contributed by atoms with van der Waals surface area (Å²) in [6, 6.07) is 18.4. The van der Waals surface area contributed by atoms with Crippen LogP contribution in [0.15, 0.2) is 71.6 Å². The summed E-state index contributed by atoms with van der Waals surface area (Å²) >= 11 is 1.28. The van der Waals surface area contributed by atoms with E-state index >= 15 is 0 Å². The van der Waals surface area contributed by atoms with E-state index in [0.29, 0.717) is 21.8 Å². The van der Waals surface area contributed by atoms with E-state index in [-0.39, 0.29) is 10.8 Å². The molecule has 4 nitrogen and oxygen atoms in total. The molecule has 0 aliphatic heterocycles. The molecule has 9 heteroatoms. The van der Waals surface area contributed by atoms with Crippen molar-refractivity contribution in [3.8, 4) is 26.7 Å². The molecule has 4 aromatic rings. The molecule has 0 spiro atoms. The largest absolute Gasteiger partial charge is 0.435 e. The molecule has 4 rings (SSSR count). The first-order valence-corrected chi connectivity index (χ1v) is 12.8. The predicted octanol–water partition coefficient (Wildman–Crippen LogP) is 6.81. The molecule has 172 valence electrons. The average Bonchev–Trinajstić information content (AvgIpc) is 3.40. The Morgan fingerprint density at radius 3 is 2.30 bits per heavy atom. The number of aromatic nitrogens is 2. The third-order valence-corrected chi connectivity index (χ3v) is 7.45. The summed E-state index contributed by atoms with van der Waals surface area (Å²) in [4.78, 5) is 1.52.